The maximum absolute atomic E-state index is 12.9. The van der Waals surface area contributed by atoms with Gasteiger partial charge in [0.25, 0.3) is 0 Å². The van der Waals surface area contributed by atoms with Gasteiger partial charge in [-0.2, -0.15) is 0 Å². The quantitative estimate of drug-likeness (QED) is 0.459. The first-order chi connectivity index (χ1) is 14.1. The number of aryl methyl sites for hydroxylation is 1. The normalized spacial score (nSPS) is 14.3. The number of nitrogens with one attached hydrogen (secondary N) is 1. The minimum atomic E-state index is -0.101. The second-order valence-corrected chi connectivity index (χ2v) is 7.13. The summed E-state index contributed by atoms with van der Waals surface area (Å²) in [6, 6.07) is 21.6. The van der Waals surface area contributed by atoms with Crippen molar-refractivity contribution in [3.8, 4) is 22.8 Å². The summed E-state index contributed by atoms with van der Waals surface area (Å²) in [5.74, 6) is 1.59. The number of carbonyl (C=O) groups is 1. The summed E-state index contributed by atoms with van der Waals surface area (Å²) in [6.45, 7) is 1.98. The SMILES string of the molecule is COc1ccc2[nH]c(-c3ccccc3)c(/C=C3\Oc4cc(C)ccc4C3=O)c2c1. The van der Waals surface area contributed by atoms with Gasteiger partial charge in [-0.05, 0) is 54.5 Å². The van der Waals surface area contributed by atoms with Crippen LogP contribution in [0.25, 0.3) is 28.2 Å². The maximum Gasteiger partial charge on any atom is 0.231 e. The van der Waals surface area contributed by atoms with Gasteiger partial charge in [-0.3, -0.25) is 4.79 Å². The molecule has 0 fully saturated rings. The number of ketones is 1. The predicted molar refractivity (Wildman–Crippen MR) is 114 cm³/mol. The lowest BCUT2D eigenvalue weighted by Gasteiger charge is -2.04. The second-order valence-electron chi connectivity index (χ2n) is 7.13. The van der Waals surface area contributed by atoms with E-state index in [-0.39, 0.29) is 5.78 Å². The van der Waals surface area contributed by atoms with Crippen LogP contribution in [0.2, 0.25) is 0 Å². The van der Waals surface area contributed by atoms with E-state index in [1.54, 1.807) is 7.11 Å². The standard InChI is InChI=1S/C25H19NO3/c1-15-8-10-18-22(12-15)29-23(25(18)27)14-20-19-13-17(28-2)9-11-21(19)26-24(20)16-6-4-3-5-7-16/h3-14,26H,1-2H3/b23-14-. The molecule has 29 heavy (non-hydrogen) atoms. The summed E-state index contributed by atoms with van der Waals surface area (Å²) in [5.41, 5.74) is 5.49. The van der Waals surface area contributed by atoms with Crippen LogP contribution >= 0.6 is 0 Å². The van der Waals surface area contributed by atoms with E-state index in [2.05, 4.69) is 4.98 Å². The van der Waals surface area contributed by atoms with Crippen LogP contribution in [0, 0.1) is 6.92 Å². The fourth-order valence-corrected chi connectivity index (χ4v) is 3.73. The highest BCUT2D eigenvalue weighted by Crippen LogP contribution is 2.37. The smallest absolute Gasteiger partial charge is 0.231 e. The first-order valence-corrected chi connectivity index (χ1v) is 9.44. The Morgan fingerprint density at radius 1 is 1.00 bits per heavy atom. The fraction of sp³-hybridized carbons (Fsp3) is 0.0800. The van der Waals surface area contributed by atoms with Crippen molar-refractivity contribution in [2.24, 2.45) is 0 Å². The van der Waals surface area contributed by atoms with Crippen LogP contribution in [0.3, 0.4) is 0 Å². The van der Waals surface area contributed by atoms with Crippen LogP contribution in [0.1, 0.15) is 21.5 Å². The van der Waals surface area contributed by atoms with Crippen LogP contribution in [0.4, 0.5) is 0 Å². The third-order valence-electron chi connectivity index (χ3n) is 5.21. The van der Waals surface area contributed by atoms with Gasteiger partial charge in [0.15, 0.2) is 5.76 Å². The van der Waals surface area contributed by atoms with Crippen molar-refractivity contribution in [3.63, 3.8) is 0 Å². The highest BCUT2D eigenvalue weighted by molar-refractivity contribution is 6.15. The number of Topliss-reactive ketones (excluding diaryl/α,β-unsaturated/α-hetero) is 1. The van der Waals surface area contributed by atoms with Gasteiger partial charge >= 0.3 is 0 Å². The summed E-state index contributed by atoms with van der Waals surface area (Å²) in [4.78, 5) is 16.4. The molecule has 4 aromatic rings. The van der Waals surface area contributed by atoms with Crippen LogP contribution in [0.5, 0.6) is 11.5 Å². The van der Waals surface area contributed by atoms with Crippen molar-refractivity contribution >= 4 is 22.8 Å². The number of aromatic nitrogens is 1. The first kappa shape index (κ1) is 17.3. The molecule has 0 amide bonds. The molecule has 0 radical (unpaired) electrons. The zero-order valence-electron chi connectivity index (χ0n) is 16.2. The van der Waals surface area contributed by atoms with Crippen molar-refractivity contribution < 1.29 is 14.3 Å². The molecule has 0 unspecified atom stereocenters. The molecular weight excluding hydrogens is 362 g/mol. The number of benzene rings is 3. The lowest BCUT2D eigenvalue weighted by Crippen LogP contribution is -1.98. The molecule has 3 aromatic carbocycles. The maximum atomic E-state index is 12.9. The molecule has 1 aromatic heterocycles. The third-order valence-corrected chi connectivity index (χ3v) is 5.21. The first-order valence-electron chi connectivity index (χ1n) is 9.44. The molecule has 2 heterocycles. The molecule has 0 saturated heterocycles. The molecule has 1 N–H and O–H groups in total. The number of carbonyl (C=O) groups excluding carboxylic acids is 1. The van der Waals surface area contributed by atoms with Gasteiger partial charge in [0.05, 0.1) is 18.4 Å². The van der Waals surface area contributed by atoms with Crippen molar-refractivity contribution in [3.05, 3.63) is 89.2 Å². The Balaban J connectivity index is 1.71. The molecule has 0 saturated carbocycles. The number of H-pyrrole nitrogens is 1. The molecule has 1 aliphatic heterocycles. The van der Waals surface area contributed by atoms with E-state index in [0.717, 1.165) is 39.0 Å². The molecule has 5 rings (SSSR count). The van der Waals surface area contributed by atoms with Gasteiger partial charge in [0.1, 0.15) is 11.5 Å². The van der Waals surface area contributed by atoms with Gasteiger partial charge < -0.3 is 14.5 Å². The predicted octanol–water partition coefficient (Wildman–Crippen LogP) is 5.77. The van der Waals surface area contributed by atoms with E-state index in [4.69, 9.17) is 9.47 Å². The average molecular weight is 381 g/mol. The average Bonchev–Trinajstić information content (AvgIpc) is 3.26. The number of aromatic amines is 1. The highest BCUT2D eigenvalue weighted by atomic mass is 16.5. The van der Waals surface area contributed by atoms with E-state index in [9.17, 15) is 4.79 Å². The zero-order chi connectivity index (χ0) is 20.0. The summed E-state index contributed by atoms with van der Waals surface area (Å²) in [5, 5.41) is 0.972. The summed E-state index contributed by atoms with van der Waals surface area (Å²) in [6.07, 6.45) is 1.83. The monoisotopic (exact) mass is 381 g/mol. The van der Waals surface area contributed by atoms with E-state index in [0.29, 0.717) is 17.1 Å². The topological polar surface area (TPSA) is 51.3 Å². The Kier molecular flexibility index (Phi) is 3.98. The molecule has 4 nitrogen and oxygen atoms in total. The lowest BCUT2D eigenvalue weighted by molar-refractivity contribution is 0.101. The number of hydrogen-bond acceptors (Lipinski definition) is 3. The summed E-state index contributed by atoms with van der Waals surface area (Å²) < 4.78 is 11.4. The molecule has 0 spiro atoms. The number of ether oxygens (including phenoxy) is 2. The zero-order valence-corrected chi connectivity index (χ0v) is 16.2. The number of rotatable bonds is 3. The molecule has 4 heteroatoms. The van der Waals surface area contributed by atoms with E-state index in [1.165, 1.54) is 0 Å². The van der Waals surface area contributed by atoms with Gasteiger partial charge in [-0.1, -0.05) is 36.4 Å². The van der Waals surface area contributed by atoms with Crippen LogP contribution < -0.4 is 9.47 Å². The second kappa shape index (κ2) is 6.67. The van der Waals surface area contributed by atoms with E-state index < -0.39 is 0 Å². The van der Waals surface area contributed by atoms with Crippen molar-refractivity contribution in [2.45, 2.75) is 6.92 Å². The minimum Gasteiger partial charge on any atom is -0.497 e. The van der Waals surface area contributed by atoms with Crippen LogP contribution in [0.15, 0.2) is 72.5 Å². The van der Waals surface area contributed by atoms with Crippen LogP contribution in [-0.2, 0) is 0 Å². The number of fused-ring (bicyclic) bond motifs is 2. The lowest BCUT2D eigenvalue weighted by atomic mass is 10.0. The largest absolute Gasteiger partial charge is 0.497 e. The Labute approximate surface area is 168 Å². The molecule has 0 aliphatic carbocycles. The van der Waals surface area contributed by atoms with Crippen molar-refractivity contribution in [1.29, 1.82) is 0 Å². The number of allylic oxidation sites excluding steroid dienone is 1. The minimum absolute atomic E-state index is 0.101. The summed E-state index contributed by atoms with van der Waals surface area (Å²) in [7, 11) is 1.65. The van der Waals surface area contributed by atoms with Gasteiger partial charge in [-0.25, -0.2) is 0 Å². The molecule has 142 valence electrons. The Hall–Kier alpha value is -3.79. The molecule has 0 bridgehead atoms. The molecule has 1 aliphatic rings. The molecular formula is C25H19NO3. The summed E-state index contributed by atoms with van der Waals surface area (Å²) >= 11 is 0. The van der Waals surface area contributed by atoms with Crippen molar-refractivity contribution in [1.82, 2.24) is 4.98 Å². The Bertz CT molecular complexity index is 1280. The Morgan fingerprint density at radius 2 is 1.83 bits per heavy atom. The van der Waals surface area contributed by atoms with Gasteiger partial charge in [-0.15, -0.1) is 0 Å². The molecule has 0 atom stereocenters. The highest BCUT2D eigenvalue weighted by Gasteiger charge is 2.28. The van der Waals surface area contributed by atoms with Crippen LogP contribution in [-0.4, -0.2) is 17.9 Å². The van der Waals surface area contributed by atoms with E-state index >= 15 is 0 Å². The van der Waals surface area contributed by atoms with Gasteiger partial charge in [0.2, 0.25) is 5.78 Å². The van der Waals surface area contributed by atoms with Gasteiger partial charge in [0, 0.05) is 16.5 Å². The van der Waals surface area contributed by atoms with Crippen molar-refractivity contribution in [2.75, 3.05) is 7.11 Å². The fourth-order valence-electron chi connectivity index (χ4n) is 3.73. The van der Waals surface area contributed by atoms with E-state index in [1.807, 2.05) is 79.7 Å². The Morgan fingerprint density at radius 3 is 2.62 bits per heavy atom. The third kappa shape index (κ3) is 2.90. The number of methoxy groups -OCH3 is 1. The number of hydrogen-bond donors (Lipinski definition) is 1.